The van der Waals surface area contributed by atoms with Gasteiger partial charge in [-0.3, -0.25) is 28.8 Å². The van der Waals surface area contributed by atoms with E-state index in [1.54, 1.807) is 33.8 Å². The van der Waals surface area contributed by atoms with Crippen molar-refractivity contribution in [1.82, 2.24) is 21.3 Å². The third kappa shape index (κ3) is 11.5. The largest absolute Gasteiger partial charge is 0.465 e. The second kappa shape index (κ2) is 17.5. The van der Waals surface area contributed by atoms with E-state index in [0.29, 0.717) is 12.0 Å². The van der Waals surface area contributed by atoms with Crippen molar-refractivity contribution in [2.75, 3.05) is 0 Å². The summed E-state index contributed by atoms with van der Waals surface area (Å²) in [6, 6.07) is 7.89. The summed E-state index contributed by atoms with van der Waals surface area (Å²) in [6.45, 7) is 6.94. The normalized spacial score (nSPS) is 14.3. The lowest BCUT2D eigenvalue weighted by Crippen LogP contribution is -2.58. The van der Waals surface area contributed by atoms with Crippen LogP contribution in [0, 0.1) is 11.8 Å². The Morgan fingerprint density at radius 2 is 1.41 bits per heavy atom. The molecule has 0 spiro atoms. The molecule has 0 bridgehead atoms. The van der Waals surface area contributed by atoms with Crippen LogP contribution in [0.4, 0.5) is 4.79 Å². The lowest BCUT2D eigenvalue weighted by Gasteiger charge is -2.27. The first kappa shape index (κ1) is 37.2. The van der Waals surface area contributed by atoms with Gasteiger partial charge in [0.25, 0.3) is 5.91 Å². The summed E-state index contributed by atoms with van der Waals surface area (Å²) in [5.74, 6) is -6.21. The highest BCUT2D eigenvalue weighted by atomic mass is 16.4. The van der Waals surface area contributed by atoms with Crippen molar-refractivity contribution < 1.29 is 38.7 Å². The maximum Gasteiger partial charge on any atom is 0.405 e. The number of benzene rings is 2. The van der Waals surface area contributed by atoms with Crippen LogP contribution in [0.5, 0.6) is 0 Å². The molecule has 0 saturated carbocycles. The molecule has 2 rings (SSSR count). The summed E-state index contributed by atoms with van der Waals surface area (Å²) in [4.78, 5) is 88.0. The van der Waals surface area contributed by atoms with Gasteiger partial charge in [0.05, 0.1) is 6.04 Å². The number of amides is 6. The number of fused-ring (bicyclic) bond motifs is 1. The first-order chi connectivity index (χ1) is 21.6. The summed E-state index contributed by atoms with van der Waals surface area (Å²) in [5.41, 5.74) is 11.6. The third-order valence-corrected chi connectivity index (χ3v) is 7.55. The molecule has 0 aromatic heterocycles. The molecule has 0 radical (unpaired) electrons. The van der Waals surface area contributed by atoms with Crippen molar-refractivity contribution >= 4 is 52.2 Å². The molecule has 0 aliphatic heterocycles. The quantitative estimate of drug-likeness (QED) is 0.115. The van der Waals surface area contributed by atoms with E-state index in [-0.39, 0.29) is 31.6 Å². The number of carbonyl (C=O) groups is 7. The van der Waals surface area contributed by atoms with Crippen molar-refractivity contribution in [2.24, 2.45) is 23.3 Å². The molecule has 0 heterocycles. The highest BCUT2D eigenvalue weighted by Crippen LogP contribution is 2.17. The molecule has 2 aromatic rings. The molecular formula is C32H44N6O8. The highest BCUT2D eigenvalue weighted by Gasteiger charge is 2.35. The number of rotatable bonds is 18. The van der Waals surface area contributed by atoms with Gasteiger partial charge in [-0.2, -0.15) is 0 Å². The fourth-order valence-corrected chi connectivity index (χ4v) is 4.83. The van der Waals surface area contributed by atoms with E-state index in [9.17, 15) is 38.7 Å². The molecule has 6 amide bonds. The number of ketones is 1. The van der Waals surface area contributed by atoms with Gasteiger partial charge >= 0.3 is 6.09 Å². The molecule has 0 fully saturated rings. The number of nitrogens with one attached hydrogen (secondary N) is 4. The highest BCUT2D eigenvalue weighted by molar-refractivity contribution is 6.39. The Labute approximate surface area is 267 Å². The number of carboxylic acid groups (broad SMARTS) is 1. The zero-order valence-corrected chi connectivity index (χ0v) is 26.5. The van der Waals surface area contributed by atoms with Crippen LogP contribution in [0.3, 0.4) is 0 Å². The first-order valence-electron chi connectivity index (χ1n) is 15.1. The van der Waals surface area contributed by atoms with Gasteiger partial charge in [-0.05, 0) is 41.0 Å². The van der Waals surface area contributed by atoms with Crippen molar-refractivity contribution in [2.45, 2.75) is 84.0 Å². The Kier molecular flexibility index (Phi) is 14.1. The number of primary amides is 2. The van der Waals surface area contributed by atoms with Gasteiger partial charge in [0, 0.05) is 12.8 Å². The number of hydrogen-bond acceptors (Lipinski definition) is 7. The molecule has 14 nitrogen and oxygen atoms in total. The molecule has 0 saturated heterocycles. The molecular weight excluding hydrogens is 596 g/mol. The number of carbonyl (C=O) groups excluding carboxylic acids is 6. The second-order valence-electron chi connectivity index (χ2n) is 11.7. The van der Waals surface area contributed by atoms with E-state index in [1.165, 1.54) is 0 Å². The minimum absolute atomic E-state index is 0.0331. The van der Waals surface area contributed by atoms with Gasteiger partial charge in [-0.1, -0.05) is 76.6 Å². The maximum absolute atomic E-state index is 13.4. The van der Waals surface area contributed by atoms with Crippen LogP contribution in [0.2, 0.25) is 0 Å². The zero-order valence-electron chi connectivity index (χ0n) is 26.5. The summed E-state index contributed by atoms with van der Waals surface area (Å²) < 4.78 is 0. The molecule has 5 unspecified atom stereocenters. The lowest BCUT2D eigenvalue weighted by atomic mass is 9.93. The predicted octanol–water partition coefficient (Wildman–Crippen LogP) is 0.885. The van der Waals surface area contributed by atoms with Crippen molar-refractivity contribution in [3.63, 3.8) is 0 Å². The molecule has 250 valence electrons. The summed E-state index contributed by atoms with van der Waals surface area (Å²) in [7, 11) is 0. The average Bonchev–Trinajstić information content (AvgIpc) is 2.99. The molecule has 46 heavy (non-hydrogen) atoms. The van der Waals surface area contributed by atoms with Gasteiger partial charge < -0.3 is 37.8 Å². The molecule has 0 aliphatic carbocycles. The van der Waals surface area contributed by atoms with Crippen LogP contribution in [-0.2, 0) is 35.2 Å². The van der Waals surface area contributed by atoms with Crippen LogP contribution in [0.15, 0.2) is 42.5 Å². The lowest BCUT2D eigenvalue weighted by molar-refractivity contribution is -0.142. The Morgan fingerprint density at radius 1 is 0.783 bits per heavy atom. The third-order valence-electron chi connectivity index (χ3n) is 7.55. The Hall–Kier alpha value is -5.01. The van der Waals surface area contributed by atoms with Gasteiger partial charge in [-0.25, -0.2) is 4.79 Å². The molecule has 5 atom stereocenters. The fourth-order valence-electron chi connectivity index (χ4n) is 4.83. The number of hydrogen-bond donors (Lipinski definition) is 7. The van der Waals surface area contributed by atoms with E-state index < -0.39 is 71.5 Å². The van der Waals surface area contributed by atoms with E-state index in [1.807, 2.05) is 36.4 Å². The standard InChI is InChI=1S/C32H44N6O8/c1-5-18(4)26(38-30(43)24(14-17(2)3)37-32(45)46)27(40)31(44)35-22(12-13-25(33)39)29(42)36-23(28(34)41)16-19-10-11-20-8-6-7-9-21(20)15-19/h6-11,15,17-18,22-24,26,37H,5,12-14,16H2,1-4H3,(H2,33,39)(H2,34,41)(H,35,44)(H,36,42)(H,38,43)(H,45,46). The Balaban J connectivity index is 2.24. The van der Waals surface area contributed by atoms with Crippen LogP contribution >= 0.6 is 0 Å². The van der Waals surface area contributed by atoms with Gasteiger partial charge in [0.2, 0.25) is 29.4 Å². The first-order valence-corrected chi connectivity index (χ1v) is 15.1. The fraction of sp³-hybridized carbons (Fsp3) is 0.469. The van der Waals surface area contributed by atoms with E-state index in [2.05, 4.69) is 21.3 Å². The summed E-state index contributed by atoms with van der Waals surface area (Å²) in [6.07, 6.45) is -1.51. The molecule has 2 aromatic carbocycles. The van der Waals surface area contributed by atoms with Crippen LogP contribution < -0.4 is 32.7 Å². The maximum atomic E-state index is 13.4. The summed E-state index contributed by atoms with van der Waals surface area (Å²) >= 11 is 0. The predicted molar refractivity (Wildman–Crippen MR) is 170 cm³/mol. The Morgan fingerprint density at radius 3 is 1.98 bits per heavy atom. The van der Waals surface area contributed by atoms with E-state index in [0.717, 1.165) is 10.8 Å². The second-order valence-corrected chi connectivity index (χ2v) is 11.7. The molecule has 0 aliphatic rings. The van der Waals surface area contributed by atoms with Crippen LogP contribution in [-0.4, -0.2) is 70.7 Å². The SMILES string of the molecule is CCC(C)C(NC(=O)C(CC(C)C)NC(=O)O)C(=O)C(=O)NC(CCC(N)=O)C(=O)NC(Cc1ccc2ccccc2c1)C(N)=O. The van der Waals surface area contributed by atoms with Crippen molar-refractivity contribution in [1.29, 1.82) is 0 Å². The zero-order chi connectivity index (χ0) is 34.6. The molecule has 14 heteroatoms. The van der Waals surface area contributed by atoms with E-state index >= 15 is 0 Å². The number of Topliss-reactive ketones (excluding diaryl/α,β-unsaturated/α-hetero) is 1. The van der Waals surface area contributed by atoms with Gasteiger partial charge in [-0.15, -0.1) is 0 Å². The number of nitrogens with two attached hydrogens (primary N) is 2. The average molecular weight is 641 g/mol. The van der Waals surface area contributed by atoms with Crippen LogP contribution in [0.25, 0.3) is 10.8 Å². The summed E-state index contributed by atoms with van der Waals surface area (Å²) in [5, 5.41) is 20.5. The van der Waals surface area contributed by atoms with Crippen LogP contribution in [0.1, 0.15) is 58.9 Å². The monoisotopic (exact) mass is 640 g/mol. The van der Waals surface area contributed by atoms with Gasteiger partial charge in [0.1, 0.15) is 18.1 Å². The van der Waals surface area contributed by atoms with Crippen molar-refractivity contribution in [3.8, 4) is 0 Å². The topological polar surface area (TPSA) is 240 Å². The van der Waals surface area contributed by atoms with Crippen molar-refractivity contribution in [3.05, 3.63) is 48.0 Å². The minimum Gasteiger partial charge on any atom is -0.465 e. The molecule has 9 N–H and O–H groups in total. The Bertz CT molecular complexity index is 1440. The smallest absolute Gasteiger partial charge is 0.405 e. The minimum atomic E-state index is -1.46. The van der Waals surface area contributed by atoms with Gasteiger partial charge in [0.15, 0.2) is 0 Å². The van der Waals surface area contributed by atoms with E-state index in [4.69, 9.17) is 11.5 Å².